The Labute approximate surface area is 138 Å². The number of ether oxygens (including phenoxy) is 1. The molecule has 1 atom stereocenters. The first-order valence-electron chi connectivity index (χ1n) is 7.09. The third kappa shape index (κ3) is 3.88. The number of rotatable bonds is 4. The fourth-order valence-corrected chi connectivity index (χ4v) is 2.45. The van der Waals surface area contributed by atoms with Crippen LogP contribution < -0.4 is 10.6 Å². The van der Waals surface area contributed by atoms with Gasteiger partial charge in [0.2, 0.25) is 0 Å². The van der Waals surface area contributed by atoms with Gasteiger partial charge in [-0.2, -0.15) is 0 Å². The van der Waals surface area contributed by atoms with Gasteiger partial charge in [-0.25, -0.2) is 9.59 Å². The Bertz CT molecular complexity index is 608. The molecule has 0 unspecified atom stereocenters. The second-order valence-corrected chi connectivity index (χ2v) is 6.53. The van der Waals surface area contributed by atoms with Gasteiger partial charge in [0.15, 0.2) is 0 Å². The summed E-state index contributed by atoms with van der Waals surface area (Å²) in [4.78, 5) is 24.1. The summed E-state index contributed by atoms with van der Waals surface area (Å²) >= 11 is 3.37. The van der Waals surface area contributed by atoms with Gasteiger partial charge >= 0.3 is 12.0 Å². The van der Waals surface area contributed by atoms with Crippen LogP contribution in [0.1, 0.15) is 32.4 Å². The van der Waals surface area contributed by atoms with Crippen molar-refractivity contribution in [1.29, 1.82) is 0 Å². The minimum absolute atomic E-state index is 0.252. The van der Waals surface area contributed by atoms with E-state index in [1.54, 1.807) is 6.92 Å². The summed E-state index contributed by atoms with van der Waals surface area (Å²) in [5, 5.41) is 5.41. The van der Waals surface area contributed by atoms with E-state index in [0.29, 0.717) is 17.9 Å². The number of benzene rings is 1. The summed E-state index contributed by atoms with van der Waals surface area (Å²) in [6, 6.07) is 6.63. The van der Waals surface area contributed by atoms with Crippen LogP contribution in [-0.4, -0.2) is 18.6 Å². The second-order valence-electron chi connectivity index (χ2n) is 5.61. The molecule has 0 spiro atoms. The fourth-order valence-electron chi connectivity index (χ4n) is 2.19. The van der Waals surface area contributed by atoms with Gasteiger partial charge < -0.3 is 15.4 Å². The van der Waals surface area contributed by atoms with E-state index >= 15 is 0 Å². The molecule has 0 aromatic heterocycles. The maximum Gasteiger partial charge on any atom is 0.338 e. The van der Waals surface area contributed by atoms with E-state index < -0.39 is 12.0 Å². The monoisotopic (exact) mass is 366 g/mol. The van der Waals surface area contributed by atoms with Crippen LogP contribution in [0.4, 0.5) is 4.79 Å². The second kappa shape index (κ2) is 6.96. The molecule has 0 bridgehead atoms. The van der Waals surface area contributed by atoms with E-state index in [1.807, 2.05) is 38.1 Å². The van der Waals surface area contributed by atoms with Gasteiger partial charge in [0.25, 0.3) is 0 Å². The fraction of sp³-hybridized carbons (Fsp3) is 0.375. The van der Waals surface area contributed by atoms with Crippen molar-refractivity contribution in [2.75, 3.05) is 6.61 Å². The number of carbonyl (C=O) groups is 2. The standard InChI is InChI=1S/C16H19BrN2O3/c1-9(2)8-22-15(20)13-10(3)18-16(21)19-14(13)11-4-6-12(17)7-5-11/h4-7,9,14H,8H2,1-3H3,(H2,18,19,21)/t14-/m1/s1. The summed E-state index contributed by atoms with van der Waals surface area (Å²) in [7, 11) is 0. The number of esters is 1. The predicted molar refractivity (Wildman–Crippen MR) is 87.0 cm³/mol. The lowest BCUT2D eigenvalue weighted by Crippen LogP contribution is -2.45. The van der Waals surface area contributed by atoms with Gasteiger partial charge in [0.1, 0.15) is 0 Å². The Kier molecular flexibility index (Phi) is 5.24. The third-order valence-electron chi connectivity index (χ3n) is 3.24. The molecule has 118 valence electrons. The first-order valence-corrected chi connectivity index (χ1v) is 7.88. The number of halogens is 1. The van der Waals surface area contributed by atoms with Crippen molar-refractivity contribution in [2.45, 2.75) is 26.8 Å². The van der Waals surface area contributed by atoms with Crippen LogP contribution in [0.2, 0.25) is 0 Å². The molecule has 6 heteroatoms. The predicted octanol–water partition coefficient (Wildman–Crippen LogP) is 3.28. The van der Waals surface area contributed by atoms with E-state index in [0.717, 1.165) is 10.0 Å². The lowest BCUT2D eigenvalue weighted by atomic mass is 9.95. The Morgan fingerprint density at radius 1 is 1.32 bits per heavy atom. The summed E-state index contributed by atoms with van der Waals surface area (Å²) in [5.74, 6) is -0.159. The van der Waals surface area contributed by atoms with Gasteiger partial charge in [-0.05, 0) is 30.5 Å². The number of nitrogens with one attached hydrogen (secondary N) is 2. The lowest BCUT2D eigenvalue weighted by molar-refractivity contribution is -0.140. The SMILES string of the molecule is CC1=C(C(=O)OCC(C)C)[C@@H](c2ccc(Br)cc2)NC(=O)N1. The number of carbonyl (C=O) groups excluding carboxylic acids is 2. The Morgan fingerprint density at radius 3 is 2.55 bits per heavy atom. The molecule has 2 N–H and O–H groups in total. The molecule has 22 heavy (non-hydrogen) atoms. The van der Waals surface area contributed by atoms with Crippen LogP contribution in [0.25, 0.3) is 0 Å². The molecule has 1 aliphatic rings. The molecule has 2 amide bonds. The Hall–Kier alpha value is -1.82. The number of amides is 2. The van der Waals surface area contributed by atoms with E-state index in [1.165, 1.54) is 0 Å². The van der Waals surface area contributed by atoms with Gasteiger partial charge in [0, 0.05) is 10.2 Å². The van der Waals surface area contributed by atoms with Crippen LogP contribution in [0.3, 0.4) is 0 Å². The molecular formula is C16H19BrN2O3. The first-order chi connectivity index (χ1) is 10.4. The zero-order chi connectivity index (χ0) is 16.3. The maximum absolute atomic E-state index is 12.4. The molecule has 1 aromatic carbocycles. The number of urea groups is 1. The maximum atomic E-state index is 12.4. The highest BCUT2D eigenvalue weighted by Gasteiger charge is 2.32. The Balaban J connectivity index is 2.32. The van der Waals surface area contributed by atoms with Crippen LogP contribution in [0, 0.1) is 5.92 Å². The molecular weight excluding hydrogens is 348 g/mol. The van der Waals surface area contributed by atoms with Crippen LogP contribution >= 0.6 is 15.9 Å². The van der Waals surface area contributed by atoms with Gasteiger partial charge in [-0.1, -0.05) is 41.9 Å². The van der Waals surface area contributed by atoms with Crippen molar-refractivity contribution in [3.63, 3.8) is 0 Å². The van der Waals surface area contributed by atoms with Gasteiger partial charge in [-0.3, -0.25) is 0 Å². The zero-order valence-electron chi connectivity index (χ0n) is 12.8. The lowest BCUT2D eigenvalue weighted by Gasteiger charge is -2.28. The normalized spacial score (nSPS) is 18.0. The molecule has 1 aromatic rings. The highest BCUT2D eigenvalue weighted by molar-refractivity contribution is 9.10. The topological polar surface area (TPSA) is 67.4 Å². The smallest absolute Gasteiger partial charge is 0.338 e. The number of hydrogen-bond acceptors (Lipinski definition) is 3. The van der Waals surface area contributed by atoms with Crippen molar-refractivity contribution >= 4 is 27.9 Å². The highest BCUT2D eigenvalue weighted by Crippen LogP contribution is 2.28. The Morgan fingerprint density at radius 2 is 1.95 bits per heavy atom. The van der Waals surface area contributed by atoms with Crippen LogP contribution in [0.5, 0.6) is 0 Å². The molecule has 2 rings (SSSR count). The molecule has 0 fully saturated rings. The number of hydrogen-bond donors (Lipinski definition) is 2. The summed E-state index contributed by atoms with van der Waals surface area (Å²) < 4.78 is 6.26. The average Bonchev–Trinajstić information content (AvgIpc) is 2.44. The van der Waals surface area contributed by atoms with Crippen molar-refractivity contribution < 1.29 is 14.3 Å². The van der Waals surface area contributed by atoms with E-state index in [-0.39, 0.29) is 11.9 Å². The van der Waals surface area contributed by atoms with E-state index in [9.17, 15) is 9.59 Å². The summed E-state index contributed by atoms with van der Waals surface area (Å²) in [6.07, 6.45) is 0. The minimum atomic E-state index is -0.512. The quantitative estimate of drug-likeness (QED) is 0.803. The molecule has 0 saturated carbocycles. The summed E-state index contributed by atoms with van der Waals surface area (Å²) in [6.45, 7) is 6.00. The van der Waals surface area contributed by atoms with E-state index in [2.05, 4.69) is 26.6 Å². The molecule has 0 saturated heterocycles. The van der Waals surface area contributed by atoms with E-state index in [4.69, 9.17) is 4.74 Å². The molecule has 1 heterocycles. The molecule has 0 radical (unpaired) electrons. The van der Waals surface area contributed by atoms with Gasteiger partial charge in [-0.15, -0.1) is 0 Å². The third-order valence-corrected chi connectivity index (χ3v) is 3.77. The van der Waals surface area contributed by atoms with Crippen LogP contribution in [0.15, 0.2) is 40.0 Å². The first kappa shape index (κ1) is 16.5. The largest absolute Gasteiger partial charge is 0.462 e. The van der Waals surface area contributed by atoms with Crippen molar-refractivity contribution in [2.24, 2.45) is 5.92 Å². The van der Waals surface area contributed by atoms with Crippen LogP contribution in [-0.2, 0) is 9.53 Å². The van der Waals surface area contributed by atoms with Crippen molar-refractivity contribution in [3.8, 4) is 0 Å². The molecule has 0 aliphatic carbocycles. The minimum Gasteiger partial charge on any atom is -0.462 e. The van der Waals surface area contributed by atoms with Crippen molar-refractivity contribution in [1.82, 2.24) is 10.6 Å². The van der Waals surface area contributed by atoms with Gasteiger partial charge in [0.05, 0.1) is 18.2 Å². The molecule has 1 aliphatic heterocycles. The number of allylic oxidation sites excluding steroid dienone is 1. The summed E-state index contributed by atoms with van der Waals surface area (Å²) in [5.41, 5.74) is 1.78. The highest BCUT2D eigenvalue weighted by atomic mass is 79.9. The average molecular weight is 367 g/mol. The molecule has 5 nitrogen and oxygen atoms in total. The van der Waals surface area contributed by atoms with Crippen molar-refractivity contribution in [3.05, 3.63) is 45.6 Å². The zero-order valence-corrected chi connectivity index (χ0v) is 14.4.